The standard InChI is InChI=1S/C22H20N2/c1-3-17-9-11-19(12-10-17)21-15-24-14-20(16(2)13-22(24)23-21)18-7-5-4-6-8-18/h4-15H,3H2,1-2H3. The minimum atomic E-state index is 0.988. The highest BCUT2D eigenvalue weighted by Gasteiger charge is 2.08. The van der Waals surface area contributed by atoms with Crippen molar-refractivity contribution in [1.82, 2.24) is 9.38 Å². The zero-order chi connectivity index (χ0) is 16.5. The summed E-state index contributed by atoms with van der Waals surface area (Å²) >= 11 is 0. The zero-order valence-corrected chi connectivity index (χ0v) is 14.0. The molecular formula is C22H20N2. The molecule has 0 saturated carbocycles. The number of rotatable bonds is 3. The van der Waals surface area contributed by atoms with Gasteiger partial charge in [-0.1, -0.05) is 61.5 Å². The molecule has 4 rings (SSSR count). The van der Waals surface area contributed by atoms with E-state index in [1.165, 1.54) is 22.3 Å². The van der Waals surface area contributed by atoms with Crippen LogP contribution in [0, 0.1) is 6.92 Å². The molecule has 4 aromatic rings. The molecule has 0 bridgehead atoms. The van der Waals surface area contributed by atoms with E-state index in [1.54, 1.807) is 0 Å². The maximum atomic E-state index is 4.80. The first-order chi connectivity index (χ1) is 11.7. The molecule has 24 heavy (non-hydrogen) atoms. The molecule has 0 aliphatic rings. The summed E-state index contributed by atoms with van der Waals surface area (Å²) in [5.41, 5.74) is 8.24. The predicted molar refractivity (Wildman–Crippen MR) is 100 cm³/mol. The molecule has 0 N–H and O–H groups in total. The summed E-state index contributed by atoms with van der Waals surface area (Å²) in [5, 5.41) is 0. The Kier molecular flexibility index (Phi) is 3.66. The first kappa shape index (κ1) is 14.7. The number of benzene rings is 2. The summed E-state index contributed by atoms with van der Waals surface area (Å²) < 4.78 is 2.12. The third kappa shape index (κ3) is 2.61. The number of nitrogens with zero attached hydrogens (tertiary/aromatic N) is 2. The quantitative estimate of drug-likeness (QED) is 0.485. The van der Waals surface area contributed by atoms with E-state index in [0.717, 1.165) is 23.3 Å². The van der Waals surface area contributed by atoms with E-state index in [2.05, 4.69) is 85.2 Å². The molecule has 0 atom stereocenters. The van der Waals surface area contributed by atoms with Crippen LogP contribution >= 0.6 is 0 Å². The van der Waals surface area contributed by atoms with Gasteiger partial charge in [0.1, 0.15) is 5.65 Å². The lowest BCUT2D eigenvalue weighted by atomic mass is 10.0. The molecule has 0 saturated heterocycles. The lowest BCUT2D eigenvalue weighted by molar-refractivity contribution is 1.14. The van der Waals surface area contributed by atoms with Gasteiger partial charge in [-0.15, -0.1) is 0 Å². The van der Waals surface area contributed by atoms with Crippen molar-refractivity contribution in [2.45, 2.75) is 20.3 Å². The molecule has 2 aromatic heterocycles. The third-order valence-electron chi connectivity index (χ3n) is 4.54. The normalized spacial score (nSPS) is 11.1. The van der Waals surface area contributed by atoms with Crippen molar-refractivity contribution in [1.29, 1.82) is 0 Å². The molecule has 2 heterocycles. The van der Waals surface area contributed by atoms with Gasteiger partial charge in [0, 0.05) is 23.5 Å². The van der Waals surface area contributed by atoms with Crippen LogP contribution in [0.5, 0.6) is 0 Å². The maximum absolute atomic E-state index is 4.80. The van der Waals surface area contributed by atoms with Gasteiger partial charge in [-0.2, -0.15) is 0 Å². The van der Waals surface area contributed by atoms with Crippen molar-refractivity contribution in [3.8, 4) is 22.4 Å². The smallest absolute Gasteiger partial charge is 0.137 e. The van der Waals surface area contributed by atoms with E-state index in [1.807, 2.05) is 6.07 Å². The Morgan fingerprint density at radius 3 is 2.33 bits per heavy atom. The minimum absolute atomic E-state index is 0.988. The molecule has 0 aliphatic heterocycles. The maximum Gasteiger partial charge on any atom is 0.137 e. The van der Waals surface area contributed by atoms with Crippen LogP contribution in [0.25, 0.3) is 28.0 Å². The number of hydrogen-bond donors (Lipinski definition) is 0. The lowest BCUT2D eigenvalue weighted by Crippen LogP contribution is -1.89. The van der Waals surface area contributed by atoms with E-state index in [4.69, 9.17) is 4.98 Å². The van der Waals surface area contributed by atoms with E-state index in [0.29, 0.717) is 0 Å². The molecule has 0 aliphatic carbocycles. The highest BCUT2D eigenvalue weighted by molar-refractivity contribution is 5.70. The van der Waals surface area contributed by atoms with Crippen LogP contribution in [0.2, 0.25) is 0 Å². The fraction of sp³-hybridized carbons (Fsp3) is 0.136. The number of pyridine rings is 1. The van der Waals surface area contributed by atoms with Crippen LogP contribution in [-0.4, -0.2) is 9.38 Å². The lowest BCUT2D eigenvalue weighted by Gasteiger charge is -2.06. The topological polar surface area (TPSA) is 17.3 Å². The number of fused-ring (bicyclic) bond motifs is 1. The van der Waals surface area contributed by atoms with Crippen LogP contribution in [0.15, 0.2) is 73.1 Å². The summed E-state index contributed by atoms with van der Waals surface area (Å²) in [5.74, 6) is 0. The van der Waals surface area contributed by atoms with E-state index >= 15 is 0 Å². The Bertz CT molecular complexity index is 980. The van der Waals surface area contributed by atoms with Gasteiger partial charge in [0.05, 0.1) is 5.69 Å². The Hall–Kier alpha value is -2.87. The van der Waals surface area contributed by atoms with Crippen LogP contribution in [0.3, 0.4) is 0 Å². The van der Waals surface area contributed by atoms with E-state index < -0.39 is 0 Å². The van der Waals surface area contributed by atoms with Gasteiger partial charge in [-0.25, -0.2) is 4.98 Å². The average Bonchev–Trinajstić information content (AvgIpc) is 3.04. The number of aromatic nitrogens is 2. The molecule has 0 spiro atoms. The monoisotopic (exact) mass is 312 g/mol. The van der Waals surface area contributed by atoms with Gasteiger partial charge in [0.2, 0.25) is 0 Å². The van der Waals surface area contributed by atoms with Gasteiger partial charge in [0.15, 0.2) is 0 Å². The zero-order valence-electron chi connectivity index (χ0n) is 14.0. The Labute approximate surface area is 142 Å². The SMILES string of the molecule is CCc1ccc(-c2cn3cc(-c4ccccc4)c(C)cc3n2)cc1. The number of aryl methyl sites for hydroxylation is 2. The summed E-state index contributed by atoms with van der Waals surface area (Å²) in [6, 6.07) is 21.3. The first-order valence-electron chi connectivity index (χ1n) is 8.38. The van der Waals surface area contributed by atoms with Gasteiger partial charge < -0.3 is 4.40 Å². The molecule has 118 valence electrons. The van der Waals surface area contributed by atoms with Gasteiger partial charge in [0.25, 0.3) is 0 Å². The van der Waals surface area contributed by atoms with Crippen LogP contribution in [0.4, 0.5) is 0 Å². The Morgan fingerprint density at radius 1 is 0.875 bits per heavy atom. The molecule has 0 unspecified atom stereocenters. The van der Waals surface area contributed by atoms with Crippen molar-refractivity contribution >= 4 is 5.65 Å². The highest BCUT2D eigenvalue weighted by atomic mass is 15.0. The van der Waals surface area contributed by atoms with Crippen LogP contribution < -0.4 is 0 Å². The minimum Gasteiger partial charge on any atom is -0.306 e. The molecule has 2 aromatic carbocycles. The summed E-state index contributed by atoms with van der Waals surface area (Å²) in [6.45, 7) is 4.32. The van der Waals surface area contributed by atoms with Crippen LogP contribution in [-0.2, 0) is 6.42 Å². The van der Waals surface area contributed by atoms with Gasteiger partial charge >= 0.3 is 0 Å². The van der Waals surface area contributed by atoms with Gasteiger partial charge in [-0.3, -0.25) is 0 Å². The first-order valence-corrected chi connectivity index (χ1v) is 8.38. The van der Waals surface area contributed by atoms with Crippen molar-refractivity contribution in [3.05, 3.63) is 84.2 Å². The number of imidazole rings is 1. The van der Waals surface area contributed by atoms with Crippen molar-refractivity contribution < 1.29 is 0 Å². The fourth-order valence-corrected chi connectivity index (χ4v) is 3.10. The van der Waals surface area contributed by atoms with Crippen LogP contribution in [0.1, 0.15) is 18.1 Å². The van der Waals surface area contributed by atoms with Gasteiger partial charge in [-0.05, 0) is 36.1 Å². The summed E-state index contributed by atoms with van der Waals surface area (Å²) in [6.07, 6.45) is 5.35. The predicted octanol–water partition coefficient (Wildman–Crippen LogP) is 5.54. The molecule has 0 radical (unpaired) electrons. The largest absolute Gasteiger partial charge is 0.306 e. The number of hydrogen-bond acceptors (Lipinski definition) is 1. The second-order valence-electron chi connectivity index (χ2n) is 6.18. The van der Waals surface area contributed by atoms with Crippen molar-refractivity contribution in [3.63, 3.8) is 0 Å². The summed E-state index contributed by atoms with van der Waals surface area (Å²) in [7, 11) is 0. The molecule has 2 nitrogen and oxygen atoms in total. The highest BCUT2D eigenvalue weighted by Crippen LogP contribution is 2.26. The molecule has 0 fully saturated rings. The van der Waals surface area contributed by atoms with E-state index in [9.17, 15) is 0 Å². The van der Waals surface area contributed by atoms with E-state index in [-0.39, 0.29) is 0 Å². The van der Waals surface area contributed by atoms with Crippen molar-refractivity contribution in [2.24, 2.45) is 0 Å². The molecule has 2 heteroatoms. The average molecular weight is 312 g/mol. The molecular weight excluding hydrogens is 292 g/mol. The Morgan fingerprint density at radius 2 is 1.62 bits per heavy atom. The second kappa shape index (κ2) is 5.97. The molecule has 0 amide bonds. The van der Waals surface area contributed by atoms with Crippen molar-refractivity contribution in [2.75, 3.05) is 0 Å². The fourth-order valence-electron chi connectivity index (χ4n) is 3.10. The summed E-state index contributed by atoms with van der Waals surface area (Å²) in [4.78, 5) is 4.80. The second-order valence-corrected chi connectivity index (χ2v) is 6.18. The Balaban J connectivity index is 1.80. The third-order valence-corrected chi connectivity index (χ3v) is 4.54.